The number of piperidine rings is 1. The van der Waals surface area contributed by atoms with Gasteiger partial charge in [0.1, 0.15) is 5.69 Å². The van der Waals surface area contributed by atoms with E-state index in [1.165, 1.54) is 17.3 Å². The number of nitrogens with zero attached hydrogens (tertiary/aromatic N) is 4. The van der Waals surface area contributed by atoms with E-state index in [4.69, 9.17) is 0 Å². The van der Waals surface area contributed by atoms with Gasteiger partial charge in [0.05, 0.1) is 4.92 Å². The third-order valence-electron chi connectivity index (χ3n) is 7.22. The molecule has 2 fully saturated rings. The van der Waals surface area contributed by atoms with Crippen LogP contribution in [-0.2, 0) is 4.79 Å². The number of carbonyl (C=O) groups is 1. The molecule has 0 spiro atoms. The minimum absolute atomic E-state index is 0.0104. The Bertz CT molecular complexity index is 998. The van der Waals surface area contributed by atoms with Gasteiger partial charge in [0.2, 0.25) is 5.91 Å². The van der Waals surface area contributed by atoms with Crippen molar-refractivity contribution in [2.24, 2.45) is 5.92 Å². The molecule has 2 aliphatic rings. The number of nitro benzene ring substituents is 1. The molecule has 188 valence electrons. The Morgan fingerprint density at radius 1 is 0.971 bits per heavy atom. The van der Waals surface area contributed by atoms with Crippen LogP contribution < -0.4 is 15.1 Å². The van der Waals surface area contributed by atoms with Crippen molar-refractivity contribution in [1.82, 2.24) is 10.2 Å². The van der Waals surface area contributed by atoms with Gasteiger partial charge in [0, 0.05) is 63.5 Å². The zero-order chi connectivity index (χ0) is 24.6. The predicted octanol–water partition coefficient (Wildman–Crippen LogP) is 3.84. The van der Waals surface area contributed by atoms with Crippen molar-refractivity contribution >= 4 is 23.0 Å². The number of unbranched alkanes of at least 4 members (excludes halogenated alkanes) is 1. The molecule has 1 amide bonds. The molecule has 0 unspecified atom stereocenters. The highest BCUT2D eigenvalue weighted by atomic mass is 16.6. The van der Waals surface area contributed by atoms with Gasteiger partial charge in [-0.25, -0.2) is 0 Å². The summed E-state index contributed by atoms with van der Waals surface area (Å²) in [5.41, 5.74) is 3.40. The number of nitro groups is 1. The lowest BCUT2D eigenvalue weighted by Gasteiger charge is -2.36. The first-order chi connectivity index (χ1) is 17.0. The molecule has 2 aliphatic heterocycles. The summed E-state index contributed by atoms with van der Waals surface area (Å²) in [5, 5.41) is 14.4. The first kappa shape index (κ1) is 25.0. The zero-order valence-electron chi connectivity index (χ0n) is 20.7. The number of para-hydroxylation sites is 2. The lowest BCUT2D eigenvalue weighted by atomic mass is 9.95. The van der Waals surface area contributed by atoms with Crippen LogP contribution >= 0.6 is 0 Å². The summed E-state index contributed by atoms with van der Waals surface area (Å²) >= 11 is 0. The van der Waals surface area contributed by atoms with E-state index in [0.717, 1.165) is 58.4 Å². The van der Waals surface area contributed by atoms with E-state index < -0.39 is 0 Å². The van der Waals surface area contributed by atoms with E-state index in [9.17, 15) is 14.9 Å². The molecule has 4 rings (SSSR count). The number of amides is 1. The Morgan fingerprint density at radius 2 is 1.71 bits per heavy atom. The van der Waals surface area contributed by atoms with E-state index in [0.29, 0.717) is 25.3 Å². The molecule has 0 saturated carbocycles. The molecule has 2 aromatic rings. The largest absolute Gasteiger partial charge is 0.369 e. The molecule has 0 aromatic heterocycles. The summed E-state index contributed by atoms with van der Waals surface area (Å²) in [6, 6.07) is 15.6. The Labute approximate surface area is 208 Å². The quantitative estimate of drug-likeness (QED) is 0.334. The van der Waals surface area contributed by atoms with Gasteiger partial charge in [-0.2, -0.15) is 0 Å². The standard InChI is InChI=1S/C27H37N5O3/c1-22-7-6-8-24(21-22)30-19-17-29(18-20-30)14-5-4-13-28-27(33)23-11-15-31(16-12-23)25-9-2-3-10-26(25)32(34)35/h2-3,6-10,21,23H,4-5,11-20H2,1H3,(H,28,33). The van der Waals surface area contributed by atoms with Crippen LogP contribution in [0, 0.1) is 23.0 Å². The molecule has 0 bridgehead atoms. The molecule has 0 aliphatic carbocycles. The van der Waals surface area contributed by atoms with Crippen molar-refractivity contribution in [2.75, 3.05) is 62.2 Å². The lowest BCUT2D eigenvalue weighted by molar-refractivity contribution is -0.384. The number of benzene rings is 2. The Morgan fingerprint density at radius 3 is 2.43 bits per heavy atom. The van der Waals surface area contributed by atoms with Crippen molar-refractivity contribution in [1.29, 1.82) is 0 Å². The third kappa shape index (κ3) is 6.72. The average Bonchev–Trinajstić information content (AvgIpc) is 2.89. The number of nitrogens with one attached hydrogen (secondary N) is 1. The molecule has 0 radical (unpaired) electrons. The maximum Gasteiger partial charge on any atom is 0.292 e. The van der Waals surface area contributed by atoms with Crippen molar-refractivity contribution in [3.05, 3.63) is 64.2 Å². The molecular weight excluding hydrogens is 442 g/mol. The second-order valence-corrected chi connectivity index (χ2v) is 9.67. The fourth-order valence-corrected chi connectivity index (χ4v) is 5.14. The minimum Gasteiger partial charge on any atom is -0.369 e. The number of aryl methyl sites for hydroxylation is 1. The predicted molar refractivity (Wildman–Crippen MR) is 140 cm³/mol. The summed E-state index contributed by atoms with van der Waals surface area (Å²) in [4.78, 5) is 30.6. The molecule has 2 aromatic carbocycles. The summed E-state index contributed by atoms with van der Waals surface area (Å²) in [5.74, 6) is 0.114. The molecule has 2 heterocycles. The van der Waals surface area contributed by atoms with Crippen molar-refractivity contribution in [3.63, 3.8) is 0 Å². The first-order valence-corrected chi connectivity index (χ1v) is 12.8. The van der Waals surface area contributed by atoms with Crippen molar-refractivity contribution in [2.45, 2.75) is 32.6 Å². The van der Waals surface area contributed by atoms with Crippen LogP contribution in [0.15, 0.2) is 48.5 Å². The van der Waals surface area contributed by atoms with Crippen LogP contribution in [0.2, 0.25) is 0 Å². The molecule has 0 atom stereocenters. The third-order valence-corrected chi connectivity index (χ3v) is 7.22. The van der Waals surface area contributed by atoms with Gasteiger partial charge in [-0.3, -0.25) is 19.8 Å². The van der Waals surface area contributed by atoms with Crippen LogP contribution in [-0.4, -0.2) is 68.1 Å². The fourth-order valence-electron chi connectivity index (χ4n) is 5.14. The van der Waals surface area contributed by atoms with E-state index >= 15 is 0 Å². The Kier molecular flexibility index (Phi) is 8.58. The summed E-state index contributed by atoms with van der Waals surface area (Å²) in [6.07, 6.45) is 3.52. The SMILES string of the molecule is Cc1cccc(N2CCN(CCCCNC(=O)C3CCN(c4ccccc4[N+](=O)[O-])CC3)CC2)c1. The Hall–Kier alpha value is -3.13. The fraction of sp³-hybridized carbons (Fsp3) is 0.519. The number of anilines is 2. The van der Waals surface area contributed by atoms with E-state index in [1.54, 1.807) is 12.1 Å². The lowest BCUT2D eigenvalue weighted by Crippen LogP contribution is -2.46. The van der Waals surface area contributed by atoms with Gasteiger partial charge < -0.3 is 15.1 Å². The van der Waals surface area contributed by atoms with Crippen LogP contribution in [0.3, 0.4) is 0 Å². The summed E-state index contributed by atoms with van der Waals surface area (Å²) in [6.45, 7) is 9.54. The van der Waals surface area contributed by atoms with Gasteiger partial charge in [-0.1, -0.05) is 24.3 Å². The van der Waals surface area contributed by atoms with Crippen molar-refractivity contribution < 1.29 is 9.72 Å². The number of hydrogen-bond acceptors (Lipinski definition) is 6. The van der Waals surface area contributed by atoms with E-state index in [2.05, 4.69) is 46.3 Å². The molecule has 8 heteroatoms. The van der Waals surface area contributed by atoms with Gasteiger partial charge in [-0.05, 0) is 62.9 Å². The maximum atomic E-state index is 12.6. The van der Waals surface area contributed by atoms with Crippen LogP contribution in [0.5, 0.6) is 0 Å². The first-order valence-electron chi connectivity index (χ1n) is 12.8. The topological polar surface area (TPSA) is 82.0 Å². The van der Waals surface area contributed by atoms with E-state index in [-0.39, 0.29) is 22.4 Å². The minimum atomic E-state index is -0.335. The second kappa shape index (κ2) is 12.0. The van der Waals surface area contributed by atoms with Gasteiger partial charge in [0.15, 0.2) is 0 Å². The maximum absolute atomic E-state index is 12.6. The summed E-state index contributed by atoms with van der Waals surface area (Å²) < 4.78 is 0. The monoisotopic (exact) mass is 479 g/mol. The number of hydrogen-bond donors (Lipinski definition) is 1. The smallest absolute Gasteiger partial charge is 0.292 e. The van der Waals surface area contributed by atoms with Crippen LogP contribution in [0.4, 0.5) is 17.1 Å². The van der Waals surface area contributed by atoms with Crippen LogP contribution in [0.1, 0.15) is 31.2 Å². The molecular formula is C27H37N5O3. The van der Waals surface area contributed by atoms with E-state index in [1.807, 2.05) is 11.0 Å². The molecule has 1 N–H and O–H groups in total. The number of carbonyl (C=O) groups excluding carboxylic acids is 1. The number of rotatable bonds is 9. The van der Waals surface area contributed by atoms with Gasteiger partial charge in [-0.15, -0.1) is 0 Å². The van der Waals surface area contributed by atoms with Crippen LogP contribution in [0.25, 0.3) is 0 Å². The number of piperazine rings is 1. The van der Waals surface area contributed by atoms with Crippen molar-refractivity contribution in [3.8, 4) is 0 Å². The highest BCUT2D eigenvalue weighted by molar-refractivity contribution is 5.79. The molecule has 8 nitrogen and oxygen atoms in total. The molecule has 35 heavy (non-hydrogen) atoms. The second-order valence-electron chi connectivity index (χ2n) is 9.67. The average molecular weight is 480 g/mol. The normalized spacial score (nSPS) is 17.4. The van der Waals surface area contributed by atoms with Gasteiger partial charge in [0.25, 0.3) is 5.69 Å². The Balaban J connectivity index is 1.10. The highest BCUT2D eigenvalue weighted by Crippen LogP contribution is 2.31. The zero-order valence-corrected chi connectivity index (χ0v) is 20.7. The summed E-state index contributed by atoms with van der Waals surface area (Å²) in [7, 11) is 0. The van der Waals surface area contributed by atoms with Gasteiger partial charge >= 0.3 is 0 Å². The highest BCUT2D eigenvalue weighted by Gasteiger charge is 2.28. The molecule has 2 saturated heterocycles.